The molecule has 90 valence electrons. The van der Waals surface area contributed by atoms with Crippen LogP contribution < -0.4 is 5.32 Å². The Bertz CT molecular complexity index is 180. The minimum absolute atomic E-state index is 0.483. The van der Waals surface area contributed by atoms with Crippen molar-refractivity contribution in [3.8, 4) is 0 Å². The van der Waals surface area contributed by atoms with Crippen LogP contribution in [0.5, 0.6) is 0 Å². The van der Waals surface area contributed by atoms with Crippen molar-refractivity contribution in [1.29, 1.82) is 0 Å². The van der Waals surface area contributed by atoms with E-state index in [4.69, 9.17) is 0 Å². The molecule has 1 aliphatic carbocycles. The summed E-state index contributed by atoms with van der Waals surface area (Å²) >= 11 is 0. The van der Waals surface area contributed by atoms with Crippen molar-refractivity contribution in [3.63, 3.8) is 0 Å². The highest BCUT2D eigenvalue weighted by Gasteiger charge is 2.30. The first kappa shape index (κ1) is 13.0. The van der Waals surface area contributed by atoms with E-state index < -0.39 is 0 Å². The Morgan fingerprint density at radius 3 is 2.33 bits per heavy atom. The van der Waals surface area contributed by atoms with Crippen LogP contribution in [-0.2, 0) is 0 Å². The molecule has 1 nitrogen and oxygen atoms in total. The molecule has 1 N–H and O–H groups in total. The van der Waals surface area contributed by atoms with Crippen molar-refractivity contribution in [2.45, 2.75) is 65.8 Å². The lowest BCUT2D eigenvalue weighted by molar-refractivity contribution is 0.256. The quantitative estimate of drug-likeness (QED) is 0.745. The normalized spacial score (nSPS) is 29.4. The summed E-state index contributed by atoms with van der Waals surface area (Å²) in [4.78, 5) is 0. The van der Waals surface area contributed by atoms with Gasteiger partial charge >= 0.3 is 0 Å². The summed E-state index contributed by atoms with van der Waals surface area (Å²) in [5.41, 5.74) is 0.483. The molecule has 1 heteroatoms. The van der Waals surface area contributed by atoms with Crippen LogP contribution in [0.15, 0.2) is 0 Å². The van der Waals surface area contributed by atoms with Crippen LogP contribution in [0.2, 0.25) is 0 Å². The summed E-state index contributed by atoms with van der Waals surface area (Å²) in [5.74, 6) is 1.86. The molecule has 0 spiro atoms. The van der Waals surface area contributed by atoms with E-state index in [1.807, 2.05) is 0 Å². The maximum absolute atomic E-state index is 3.55. The van der Waals surface area contributed by atoms with E-state index >= 15 is 0 Å². The molecule has 0 aliphatic heterocycles. The molecule has 0 bridgehead atoms. The predicted molar refractivity (Wildman–Crippen MR) is 68.0 cm³/mol. The van der Waals surface area contributed by atoms with Gasteiger partial charge in [-0.15, -0.1) is 0 Å². The highest BCUT2D eigenvalue weighted by Crippen LogP contribution is 2.36. The Morgan fingerprint density at radius 2 is 1.93 bits per heavy atom. The first-order chi connectivity index (χ1) is 6.94. The molecule has 3 unspecified atom stereocenters. The minimum Gasteiger partial charge on any atom is -0.317 e. The lowest BCUT2D eigenvalue weighted by Gasteiger charge is -2.29. The Hall–Kier alpha value is -0.0400. The maximum Gasteiger partial charge on any atom is 0.00950 e. The first-order valence-electron chi connectivity index (χ1n) is 6.61. The standard InChI is InChI=1S/C14H29N/c1-11-7-6-8-12(11)13(15-5)9-10-14(2,3)4/h11-13,15H,6-10H2,1-5H3. The second-order valence-electron chi connectivity index (χ2n) is 6.57. The zero-order chi connectivity index (χ0) is 11.5. The van der Waals surface area contributed by atoms with Crippen LogP contribution in [-0.4, -0.2) is 13.1 Å². The van der Waals surface area contributed by atoms with E-state index in [1.165, 1.54) is 32.1 Å². The lowest BCUT2D eigenvalue weighted by atomic mass is 9.82. The van der Waals surface area contributed by atoms with Gasteiger partial charge in [-0.2, -0.15) is 0 Å². The second-order valence-corrected chi connectivity index (χ2v) is 6.57. The highest BCUT2D eigenvalue weighted by molar-refractivity contribution is 4.85. The fourth-order valence-corrected chi connectivity index (χ4v) is 2.93. The van der Waals surface area contributed by atoms with Crippen molar-refractivity contribution < 1.29 is 0 Å². The lowest BCUT2D eigenvalue weighted by Crippen LogP contribution is -2.35. The van der Waals surface area contributed by atoms with Crippen LogP contribution in [0.1, 0.15) is 59.8 Å². The maximum atomic E-state index is 3.55. The van der Waals surface area contributed by atoms with Crippen molar-refractivity contribution in [3.05, 3.63) is 0 Å². The Balaban J connectivity index is 2.41. The summed E-state index contributed by atoms with van der Waals surface area (Å²) in [5, 5.41) is 3.55. The Morgan fingerprint density at radius 1 is 1.27 bits per heavy atom. The van der Waals surface area contributed by atoms with E-state index in [0.29, 0.717) is 5.41 Å². The average Bonchev–Trinajstić information content (AvgIpc) is 2.52. The van der Waals surface area contributed by atoms with Crippen LogP contribution in [0.3, 0.4) is 0 Å². The molecule has 1 saturated carbocycles. The van der Waals surface area contributed by atoms with E-state index in [9.17, 15) is 0 Å². The van der Waals surface area contributed by atoms with Gasteiger partial charge in [0.25, 0.3) is 0 Å². The fourth-order valence-electron chi connectivity index (χ4n) is 2.93. The number of nitrogens with one attached hydrogen (secondary N) is 1. The van der Waals surface area contributed by atoms with Crippen molar-refractivity contribution >= 4 is 0 Å². The predicted octanol–water partition coefficient (Wildman–Crippen LogP) is 3.84. The van der Waals surface area contributed by atoms with Crippen LogP contribution >= 0.6 is 0 Å². The largest absolute Gasteiger partial charge is 0.317 e. The number of hydrogen-bond acceptors (Lipinski definition) is 1. The van der Waals surface area contributed by atoms with Gasteiger partial charge in [0.2, 0.25) is 0 Å². The van der Waals surface area contributed by atoms with Gasteiger partial charge in [-0.1, -0.05) is 40.5 Å². The van der Waals surface area contributed by atoms with Crippen molar-refractivity contribution in [1.82, 2.24) is 5.32 Å². The molecule has 0 heterocycles. The SMILES string of the molecule is CNC(CCC(C)(C)C)C1CCCC1C. The smallest absolute Gasteiger partial charge is 0.00950 e. The van der Waals surface area contributed by atoms with E-state index in [1.54, 1.807) is 0 Å². The molecule has 0 radical (unpaired) electrons. The molecule has 1 aliphatic rings. The van der Waals surface area contributed by atoms with Gasteiger partial charge in [0.15, 0.2) is 0 Å². The molecular weight excluding hydrogens is 182 g/mol. The summed E-state index contributed by atoms with van der Waals surface area (Å²) < 4.78 is 0. The molecule has 0 aromatic heterocycles. The third kappa shape index (κ3) is 4.14. The third-order valence-electron chi connectivity index (χ3n) is 4.02. The van der Waals surface area contributed by atoms with Gasteiger partial charge < -0.3 is 5.32 Å². The molecule has 0 amide bonds. The number of rotatable bonds is 4. The summed E-state index contributed by atoms with van der Waals surface area (Å²) in [7, 11) is 2.14. The Labute approximate surface area is 96.0 Å². The van der Waals surface area contributed by atoms with Gasteiger partial charge in [-0.05, 0) is 43.6 Å². The zero-order valence-corrected chi connectivity index (χ0v) is 11.3. The Kier molecular flexibility index (Phi) is 4.64. The second kappa shape index (κ2) is 5.34. The average molecular weight is 211 g/mol. The first-order valence-corrected chi connectivity index (χ1v) is 6.61. The highest BCUT2D eigenvalue weighted by atomic mass is 14.9. The summed E-state index contributed by atoms with van der Waals surface area (Å²) in [6, 6.07) is 0.752. The van der Waals surface area contributed by atoms with Crippen LogP contribution in [0.4, 0.5) is 0 Å². The van der Waals surface area contributed by atoms with Gasteiger partial charge in [0.05, 0.1) is 0 Å². The molecule has 1 fully saturated rings. The summed E-state index contributed by atoms with van der Waals surface area (Å²) in [6.07, 6.45) is 7.01. The molecule has 3 atom stereocenters. The van der Waals surface area contributed by atoms with E-state index in [-0.39, 0.29) is 0 Å². The van der Waals surface area contributed by atoms with Gasteiger partial charge in [-0.25, -0.2) is 0 Å². The topological polar surface area (TPSA) is 12.0 Å². The molecule has 0 aromatic rings. The van der Waals surface area contributed by atoms with Crippen molar-refractivity contribution in [2.24, 2.45) is 17.3 Å². The van der Waals surface area contributed by atoms with Crippen LogP contribution in [0, 0.1) is 17.3 Å². The monoisotopic (exact) mass is 211 g/mol. The molecule has 0 aromatic carbocycles. The third-order valence-corrected chi connectivity index (χ3v) is 4.02. The minimum atomic E-state index is 0.483. The molecule has 15 heavy (non-hydrogen) atoms. The van der Waals surface area contributed by atoms with Gasteiger partial charge in [0.1, 0.15) is 0 Å². The van der Waals surface area contributed by atoms with Crippen molar-refractivity contribution in [2.75, 3.05) is 7.05 Å². The zero-order valence-electron chi connectivity index (χ0n) is 11.3. The molecule has 1 rings (SSSR count). The van der Waals surface area contributed by atoms with Crippen LogP contribution in [0.25, 0.3) is 0 Å². The van der Waals surface area contributed by atoms with Gasteiger partial charge in [-0.3, -0.25) is 0 Å². The fraction of sp³-hybridized carbons (Fsp3) is 1.00. The molecular formula is C14H29N. The summed E-state index contributed by atoms with van der Waals surface area (Å²) in [6.45, 7) is 9.46. The number of hydrogen-bond donors (Lipinski definition) is 1. The van der Waals surface area contributed by atoms with E-state index in [2.05, 4.69) is 40.1 Å². The van der Waals surface area contributed by atoms with E-state index in [0.717, 1.165) is 17.9 Å². The van der Waals surface area contributed by atoms with Gasteiger partial charge in [0, 0.05) is 6.04 Å². The molecule has 0 saturated heterocycles.